The molecule has 1 aliphatic rings. The highest BCUT2D eigenvalue weighted by atomic mass is 14.9. The molecule has 0 spiro atoms. The van der Waals surface area contributed by atoms with Gasteiger partial charge in [-0.2, -0.15) is 0 Å². The van der Waals surface area contributed by atoms with Gasteiger partial charge in [-0.25, -0.2) is 0 Å². The molecule has 1 unspecified atom stereocenters. The second-order valence-corrected chi connectivity index (χ2v) is 6.20. The Bertz CT molecular complexity index is 758. The molecule has 2 heteroatoms. The number of fused-ring (bicyclic) bond motifs is 3. The Morgan fingerprint density at radius 2 is 1.82 bits per heavy atom. The molecular weight excluding hydrogens is 268 g/mol. The highest BCUT2D eigenvalue weighted by molar-refractivity contribution is 5.85. The molecule has 0 saturated carbocycles. The number of benzene rings is 2. The molecule has 2 N–H and O–H groups in total. The number of nitrogens with one attached hydrogen (secondary N) is 2. The van der Waals surface area contributed by atoms with Crippen LogP contribution in [0.5, 0.6) is 0 Å². The topological polar surface area (TPSA) is 27.8 Å². The highest BCUT2D eigenvalue weighted by Crippen LogP contribution is 2.34. The molecule has 3 aromatic rings. The van der Waals surface area contributed by atoms with Gasteiger partial charge in [0, 0.05) is 22.6 Å². The molecule has 1 aliphatic carbocycles. The van der Waals surface area contributed by atoms with E-state index in [1.165, 1.54) is 47.0 Å². The van der Waals surface area contributed by atoms with Gasteiger partial charge in [0.2, 0.25) is 0 Å². The molecule has 1 atom stereocenters. The molecule has 2 nitrogen and oxygen atoms in total. The molecule has 0 aliphatic heterocycles. The minimum Gasteiger partial charge on any atom is -0.357 e. The van der Waals surface area contributed by atoms with Crippen molar-refractivity contribution in [1.82, 2.24) is 10.3 Å². The number of aryl methyl sites for hydroxylation is 1. The second-order valence-electron chi connectivity index (χ2n) is 6.20. The van der Waals surface area contributed by atoms with E-state index in [2.05, 4.69) is 64.9 Å². The van der Waals surface area contributed by atoms with Gasteiger partial charge >= 0.3 is 0 Å². The van der Waals surface area contributed by atoms with E-state index in [-0.39, 0.29) is 0 Å². The molecule has 1 heterocycles. The molecule has 2 aromatic carbocycles. The van der Waals surface area contributed by atoms with Crippen LogP contribution in [0.1, 0.15) is 35.7 Å². The van der Waals surface area contributed by atoms with E-state index >= 15 is 0 Å². The maximum absolute atomic E-state index is 3.76. The van der Waals surface area contributed by atoms with Crippen molar-refractivity contribution in [2.75, 3.05) is 6.54 Å². The summed E-state index contributed by atoms with van der Waals surface area (Å²) in [5, 5.41) is 5.17. The van der Waals surface area contributed by atoms with Crippen molar-refractivity contribution in [3.05, 3.63) is 71.4 Å². The maximum Gasteiger partial charge on any atom is 0.0476 e. The molecule has 0 fully saturated rings. The van der Waals surface area contributed by atoms with E-state index in [1.807, 2.05) is 0 Å². The first-order valence-corrected chi connectivity index (χ1v) is 8.28. The summed E-state index contributed by atoms with van der Waals surface area (Å²) in [5.74, 6) is 0. The average molecular weight is 290 g/mol. The average Bonchev–Trinajstić information content (AvgIpc) is 2.96. The lowest BCUT2D eigenvalue weighted by atomic mass is 9.91. The fourth-order valence-corrected chi connectivity index (χ4v) is 3.65. The molecule has 1 aromatic heterocycles. The highest BCUT2D eigenvalue weighted by Gasteiger charge is 2.23. The fourth-order valence-electron chi connectivity index (χ4n) is 3.65. The van der Waals surface area contributed by atoms with Crippen LogP contribution in [0, 0.1) is 0 Å². The quantitative estimate of drug-likeness (QED) is 0.733. The third-order valence-electron chi connectivity index (χ3n) is 4.76. The molecule has 0 bridgehead atoms. The third-order valence-corrected chi connectivity index (χ3v) is 4.76. The number of aromatic amines is 1. The van der Waals surface area contributed by atoms with Crippen molar-refractivity contribution < 1.29 is 0 Å². The first kappa shape index (κ1) is 13.6. The first-order valence-electron chi connectivity index (χ1n) is 8.28. The Morgan fingerprint density at radius 1 is 1.00 bits per heavy atom. The Morgan fingerprint density at radius 3 is 2.73 bits per heavy atom. The van der Waals surface area contributed by atoms with Gasteiger partial charge in [-0.05, 0) is 49.4 Å². The van der Waals surface area contributed by atoms with Crippen LogP contribution in [0.15, 0.2) is 54.6 Å². The van der Waals surface area contributed by atoms with Crippen molar-refractivity contribution in [2.45, 2.75) is 31.7 Å². The Labute approximate surface area is 131 Å². The van der Waals surface area contributed by atoms with Crippen LogP contribution < -0.4 is 5.32 Å². The predicted molar refractivity (Wildman–Crippen MR) is 92.1 cm³/mol. The summed E-state index contributed by atoms with van der Waals surface area (Å²) in [6.45, 7) is 1.03. The monoisotopic (exact) mass is 290 g/mol. The van der Waals surface area contributed by atoms with Gasteiger partial charge in [0.1, 0.15) is 0 Å². The van der Waals surface area contributed by atoms with Crippen molar-refractivity contribution in [2.24, 2.45) is 0 Å². The Hall–Kier alpha value is -2.06. The summed E-state index contributed by atoms with van der Waals surface area (Å²) in [6, 6.07) is 19.9. The van der Waals surface area contributed by atoms with Crippen molar-refractivity contribution >= 4 is 10.9 Å². The number of para-hydroxylation sites is 1. The van der Waals surface area contributed by atoms with Crippen molar-refractivity contribution in [3.63, 3.8) is 0 Å². The zero-order valence-electron chi connectivity index (χ0n) is 12.8. The van der Waals surface area contributed by atoms with Crippen molar-refractivity contribution in [3.8, 4) is 0 Å². The van der Waals surface area contributed by atoms with E-state index in [1.54, 1.807) is 0 Å². The van der Waals surface area contributed by atoms with Gasteiger partial charge in [0.25, 0.3) is 0 Å². The smallest absolute Gasteiger partial charge is 0.0476 e. The van der Waals surface area contributed by atoms with Gasteiger partial charge < -0.3 is 10.3 Å². The van der Waals surface area contributed by atoms with Gasteiger partial charge in [0.15, 0.2) is 0 Å². The van der Waals surface area contributed by atoms with Gasteiger partial charge in [0.05, 0.1) is 0 Å². The summed E-state index contributed by atoms with van der Waals surface area (Å²) < 4.78 is 0. The van der Waals surface area contributed by atoms with Crippen LogP contribution in [0.3, 0.4) is 0 Å². The van der Waals surface area contributed by atoms with Gasteiger partial charge in [-0.3, -0.25) is 0 Å². The van der Waals surface area contributed by atoms with E-state index in [0.717, 1.165) is 13.0 Å². The lowest BCUT2D eigenvalue weighted by molar-refractivity contribution is 0.456. The van der Waals surface area contributed by atoms with Gasteiger partial charge in [-0.15, -0.1) is 0 Å². The molecular formula is C20H22N2. The predicted octanol–water partition coefficient (Wildman–Crippen LogP) is 4.38. The summed E-state index contributed by atoms with van der Waals surface area (Å²) in [4.78, 5) is 3.65. The van der Waals surface area contributed by atoms with Crippen LogP contribution >= 0.6 is 0 Å². The minimum absolute atomic E-state index is 0.472. The largest absolute Gasteiger partial charge is 0.357 e. The zero-order chi connectivity index (χ0) is 14.8. The standard InChI is InChI=1S/C20H22N2/c1-2-7-15(8-3-1)13-14-21-19-12-6-10-17-16-9-4-5-11-18(16)22-20(17)19/h1-5,7-9,11,19,21-22H,6,10,12-14H2. The zero-order valence-corrected chi connectivity index (χ0v) is 12.8. The SMILES string of the molecule is c1ccc(CCNC2CCCc3c2[nH]c2ccccc32)cc1. The minimum atomic E-state index is 0.472. The maximum atomic E-state index is 3.76. The molecule has 112 valence electrons. The molecule has 4 rings (SSSR count). The number of aromatic nitrogens is 1. The number of H-pyrrole nitrogens is 1. The first-order chi connectivity index (χ1) is 10.9. The van der Waals surface area contributed by atoms with Gasteiger partial charge in [-0.1, -0.05) is 48.5 Å². The lowest BCUT2D eigenvalue weighted by Gasteiger charge is -2.24. The van der Waals surface area contributed by atoms with E-state index < -0.39 is 0 Å². The summed E-state index contributed by atoms with van der Waals surface area (Å²) in [5.41, 5.74) is 5.63. The Kier molecular flexibility index (Phi) is 3.69. The lowest BCUT2D eigenvalue weighted by Crippen LogP contribution is -2.27. The Balaban J connectivity index is 1.50. The molecule has 22 heavy (non-hydrogen) atoms. The number of hydrogen-bond acceptors (Lipinski definition) is 1. The van der Waals surface area contributed by atoms with E-state index in [9.17, 15) is 0 Å². The van der Waals surface area contributed by atoms with Crippen LogP contribution in [-0.2, 0) is 12.8 Å². The third kappa shape index (κ3) is 2.55. The molecule has 0 amide bonds. The van der Waals surface area contributed by atoms with Crippen LogP contribution in [0.2, 0.25) is 0 Å². The number of hydrogen-bond donors (Lipinski definition) is 2. The van der Waals surface area contributed by atoms with E-state index in [0.29, 0.717) is 6.04 Å². The number of rotatable bonds is 4. The van der Waals surface area contributed by atoms with E-state index in [4.69, 9.17) is 0 Å². The summed E-state index contributed by atoms with van der Waals surface area (Å²) in [7, 11) is 0. The summed E-state index contributed by atoms with van der Waals surface area (Å²) >= 11 is 0. The second kappa shape index (κ2) is 5.98. The molecule has 0 radical (unpaired) electrons. The molecule has 0 saturated heterocycles. The van der Waals surface area contributed by atoms with Crippen LogP contribution in [0.25, 0.3) is 10.9 Å². The summed E-state index contributed by atoms with van der Waals surface area (Å²) in [6.07, 6.45) is 4.80. The van der Waals surface area contributed by atoms with Crippen LogP contribution in [0.4, 0.5) is 0 Å². The van der Waals surface area contributed by atoms with Crippen molar-refractivity contribution in [1.29, 1.82) is 0 Å². The van der Waals surface area contributed by atoms with Crippen LogP contribution in [-0.4, -0.2) is 11.5 Å². The fraction of sp³-hybridized carbons (Fsp3) is 0.300. The normalized spacial score (nSPS) is 17.5.